The smallest absolute Gasteiger partial charge is 0.0639 e. The molecule has 1 aromatic rings. The van der Waals surface area contributed by atoms with Crippen molar-refractivity contribution in [1.29, 1.82) is 0 Å². The summed E-state index contributed by atoms with van der Waals surface area (Å²) in [5.74, 6) is 0. The zero-order valence-corrected chi connectivity index (χ0v) is 12.0. The van der Waals surface area contributed by atoms with E-state index in [-0.39, 0.29) is 5.60 Å². The maximum atomic E-state index is 5.44. The molecule has 0 aliphatic rings. The van der Waals surface area contributed by atoms with Gasteiger partial charge in [-0.15, -0.1) is 0 Å². The molecule has 4 heteroatoms. The summed E-state index contributed by atoms with van der Waals surface area (Å²) in [7, 11) is 3.49. The van der Waals surface area contributed by atoms with Gasteiger partial charge in [0.1, 0.15) is 0 Å². The fraction of sp³-hybridized carbons (Fsp3) is 0.714. The lowest BCUT2D eigenvalue weighted by Gasteiger charge is -2.23. The Morgan fingerprint density at radius 2 is 2.11 bits per heavy atom. The summed E-state index contributed by atoms with van der Waals surface area (Å²) in [4.78, 5) is 0. The van der Waals surface area contributed by atoms with Gasteiger partial charge in [0.2, 0.25) is 0 Å². The van der Waals surface area contributed by atoms with Crippen molar-refractivity contribution in [2.45, 2.75) is 39.0 Å². The zero-order valence-electron chi connectivity index (χ0n) is 12.0. The first-order chi connectivity index (χ1) is 8.59. The SMILES string of the molecule is COCCNCc1cccn1CCC(C)(C)OC. The maximum Gasteiger partial charge on any atom is 0.0639 e. The van der Waals surface area contributed by atoms with E-state index in [1.807, 2.05) is 0 Å². The minimum atomic E-state index is -0.0645. The zero-order chi connectivity index (χ0) is 13.4. The van der Waals surface area contributed by atoms with Gasteiger partial charge in [0.25, 0.3) is 0 Å². The van der Waals surface area contributed by atoms with Gasteiger partial charge in [-0.25, -0.2) is 0 Å². The second-order valence-electron chi connectivity index (χ2n) is 5.08. The Morgan fingerprint density at radius 3 is 2.78 bits per heavy atom. The molecule has 0 radical (unpaired) electrons. The van der Waals surface area contributed by atoms with E-state index >= 15 is 0 Å². The number of nitrogens with zero attached hydrogens (tertiary/aromatic N) is 1. The van der Waals surface area contributed by atoms with Gasteiger partial charge in [0, 0.05) is 45.7 Å². The standard InChI is InChI=1S/C14H26N2O2/c1-14(2,18-4)7-10-16-9-5-6-13(16)12-15-8-11-17-3/h5-6,9,15H,7-8,10-12H2,1-4H3. The van der Waals surface area contributed by atoms with Crippen molar-refractivity contribution in [2.75, 3.05) is 27.4 Å². The summed E-state index contributed by atoms with van der Waals surface area (Å²) >= 11 is 0. The number of hydrogen-bond donors (Lipinski definition) is 1. The predicted molar refractivity (Wildman–Crippen MR) is 73.7 cm³/mol. The summed E-state index contributed by atoms with van der Waals surface area (Å²) in [6.07, 6.45) is 3.13. The van der Waals surface area contributed by atoms with Gasteiger partial charge in [-0.05, 0) is 32.4 Å². The molecule has 0 aliphatic heterocycles. The van der Waals surface area contributed by atoms with E-state index in [9.17, 15) is 0 Å². The number of aryl methyl sites for hydroxylation is 1. The molecule has 0 fully saturated rings. The third kappa shape index (κ3) is 5.21. The average Bonchev–Trinajstić information content (AvgIpc) is 2.80. The van der Waals surface area contributed by atoms with Crippen molar-refractivity contribution in [3.8, 4) is 0 Å². The van der Waals surface area contributed by atoms with Gasteiger partial charge >= 0.3 is 0 Å². The van der Waals surface area contributed by atoms with Crippen LogP contribution in [0.2, 0.25) is 0 Å². The Bertz CT molecular complexity index is 334. The van der Waals surface area contributed by atoms with E-state index in [0.717, 1.165) is 32.7 Å². The number of nitrogens with one attached hydrogen (secondary N) is 1. The molecule has 1 rings (SSSR count). The van der Waals surface area contributed by atoms with Crippen molar-refractivity contribution in [1.82, 2.24) is 9.88 Å². The molecule has 0 spiro atoms. The molecule has 104 valence electrons. The Morgan fingerprint density at radius 1 is 1.33 bits per heavy atom. The van der Waals surface area contributed by atoms with Gasteiger partial charge in [-0.1, -0.05) is 0 Å². The Balaban J connectivity index is 2.40. The normalized spacial score (nSPS) is 12.0. The first-order valence-corrected chi connectivity index (χ1v) is 6.48. The molecule has 0 aromatic carbocycles. The van der Waals surface area contributed by atoms with Gasteiger partial charge < -0.3 is 19.4 Å². The van der Waals surface area contributed by atoms with Crippen LogP contribution in [0.4, 0.5) is 0 Å². The van der Waals surface area contributed by atoms with Crippen molar-refractivity contribution < 1.29 is 9.47 Å². The van der Waals surface area contributed by atoms with Crippen LogP contribution in [0.15, 0.2) is 18.3 Å². The van der Waals surface area contributed by atoms with Crippen LogP contribution in [0, 0.1) is 0 Å². The van der Waals surface area contributed by atoms with E-state index in [1.165, 1.54) is 5.69 Å². The highest BCUT2D eigenvalue weighted by atomic mass is 16.5. The molecular formula is C14H26N2O2. The van der Waals surface area contributed by atoms with Crippen LogP contribution < -0.4 is 5.32 Å². The fourth-order valence-electron chi connectivity index (χ4n) is 1.71. The number of aromatic nitrogens is 1. The molecule has 0 saturated carbocycles. The molecule has 4 nitrogen and oxygen atoms in total. The van der Waals surface area contributed by atoms with Crippen molar-refractivity contribution in [3.05, 3.63) is 24.0 Å². The third-order valence-corrected chi connectivity index (χ3v) is 3.22. The highest BCUT2D eigenvalue weighted by Gasteiger charge is 2.16. The molecule has 1 N–H and O–H groups in total. The number of ether oxygens (including phenoxy) is 2. The Labute approximate surface area is 110 Å². The van der Waals surface area contributed by atoms with Gasteiger partial charge in [-0.3, -0.25) is 0 Å². The second kappa shape index (κ2) is 7.56. The van der Waals surface area contributed by atoms with Crippen LogP contribution in [0.3, 0.4) is 0 Å². The fourth-order valence-corrected chi connectivity index (χ4v) is 1.71. The molecule has 0 aliphatic carbocycles. The van der Waals surface area contributed by atoms with Crippen molar-refractivity contribution in [3.63, 3.8) is 0 Å². The van der Waals surface area contributed by atoms with Crippen LogP contribution >= 0.6 is 0 Å². The van der Waals surface area contributed by atoms with Crippen molar-refractivity contribution in [2.24, 2.45) is 0 Å². The highest BCUT2D eigenvalue weighted by Crippen LogP contribution is 2.15. The maximum absolute atomic E-state index is 5.44. The lowest BCUT2D eigenvalue weighted by atomic mass is 10.1. The molecule has 0 bridgehead atoms. The topological polar surface area (TPSA) is 35.4 Å². The van der Waals surface area contributed by atoms with E-state index in [1.54, 1.807) is 14.2 Å². The second-order valence-corrected chi connectivity index (χ2v) is 5.08. The summed E-state index contributed by atoms with van der Waals surface area (Å²) in [6.45, 7) is 7.72. The van der Waals surface area contributed by atoms with Crippen molar-refractivity contribution >= 4 is 0 Å². The molecule has 0 amide bonds. The Kier molecular flexibility index (Phi) is 6.39. The average molecular weight is 254 g/mol. The minimum Gasteiger partial charge on any atom is -0.383 e. The first kappa shape index (κ1) is 15.2. The van der Waals surface area contributed by atoms with E-state index in [2.05, 4.69) is 42.1 Å². The van der Waals surface area contributed by atoms with Crippen LogP contribution in [0.25, 0.3) is 0 Å². The van der Waals surface area contributed by atoms with Crippen LogP contribution in [-0.4, -0.2) is 37.5 Å². The van der Waals surface area contributed by atoms with Gasteiger partial charge in [0.15, 0.2) is 0 Å². The Hall–Kier alpha value is -0.840. The summed E-state index contributed by atoms with van der Waals surface area (Å²) < 4.78 is 12.7. The highest BCUT2D eigenvalue weighted by molar-refractivity contribution is 5.07. The number of methoxy groups -OCH3 is 2. The lowest BCUT2D eigenvalue weighted by Crippen LogP contribution is -2.25. The van der Waals surface area contributed by atoms with Gasteiger partial charge in [-0.2, -0.15) is 0 Å². The first-order valence-electron chi connectivity index (χ1n) is 6.48. The van der Waals surface area contributed by atoms with Crippen LogP contribution in [0.5, 0.6) is 0 Å². The monoisotopic (exact) mass is 254 g/mol. The largest absolute Gasteiger partial charge is 0.383 e. The van der Waals surface area contributed by atoms with E-state index < -0.39 is 0 Å². The quantitative estimate of drug-likeness (QED) is 0.685. The minimum absolute atomic E-state index is 0.0645. The third-order valence-electron chi connectivity index (χ3n) is 3.22. The molecule has 0 unspecified atom stereocenters. The summed E-state index contributed by atoms with van der Waals surface area (Å²) in [5.41, 5.74) is 1.24. The molecule has 1 aromatic heterocycles. The predicted octanol–water partition coefficient (Wildman–Crippen LogP) is 2.04. The molecule has 18 heavy (non-hydrogen) atoms. The van der Waals surface area contributed by atoms with Crippen LogP contribution in [-0.2, 0) is 22.6 Å². The van der Waals surface area contributed by atoms with Gasteiger partial charge in [0.05, 0.1) is 12.2 Å². The summed E-state index contributed by atoms with van der Waals surface area (Å²) in [5, 5.41) is 3.36. The van der Waals surface area contributed by atoms with Crippen LogP contribution in [0.1, 0.15) is 26.0 Å². The number of hydrogen-bond acceptors (Lipinski definition) is 3. The lowest BCUT2D eigenvalue weighted by molar-refractivity contribution is 0.0119. The number of rotatable bonds is 9. The molecular weight excluding hydrogens is 228 g/mol. The molecule has 1 heterocycles. The molecule has 0 saturated heterocycles. The van der Waals surface area contributed by atoms with E-state index in [4.69, 9.17) is 9.47 Å². The van der Waals surface area contributed by atoms with E-state index in [0.29, 0.717) is 0 Å². The summed E-state index contributed by atoms with van der Waals surface area (Å²) in [6, 6.07) is 4.24. The molecule has 0 atom stereocenters.